The summed E-state index contributed by atoms with van der Waals surface area (Å²) in [7, 11) is 0. The monoisotopic (exact) mass is 48.0 g/mol. The van der Waals surface area contributed by atoms with Gasteiger partial charge in [0.25, 0.3) is 0 Å². The van der Waals surface area contributed by atoms with Crippen LogP contribution in [-0.2, 0) is 0 Å². The molecule has 0 heterocycles. The van der Waals surface area contributed by atoms with Gasteiger partial charge in [0.15, 0.2) is 0 Å². The summed E-state index contributed by atoms with van der Waals surface area (Å²) in [4.78, 5) is 0. The summed E-state index contributed by atoms with van der Waals surface area (Å²) in [5.41, 5.74) is 0. The molecule has 0 fully saturated rings. The Bertz CT molecular complexity index is 27.5. The summed E-state index contributed by atoms with van der Waals surface area (Å²) in [5, 5.41) is 7.32. The summed E-state index contributed by atoms with van der Waals surface area (Å²) in [6, 6.07) is 1.75. The van der Waals surface area contributed by atoms with Gasteiger partial charge in [-0.05, 0) is 0 Å². The second kappa shape index (κ2) is 11.4. The molecule has 0 aromatic rings. The molecule has 0 aliphatic carbocycles. The van der Waals surface area contributed by atoms with E-state index >= 15 is 0 Å². The Kier molecular flexibility index (Phi) is 25.4. The number of rotatable bonds is 0. The van der Waals surface area contributed by atoms with Gasteiger partial charge in [0.05, 0.1) is 6.07 Å². The van der Waals surface area contributed by atoms with Crippen molar-refractivity contribution in [1.82, 2.24) is 0 Å². The summed E-state index contributed by atoms with van der Waals surface area (Å²) in [6.07, 6.45) is 0. The van der Waals surface area contributed by atoms with Crippen LogP contribution in [0.1, 0.15) is 6.92 Å². The zero-order valence-electron chi connectivity index (χ0n) is 2.95. The molecule has 4 heavy (non-hydrogen) atoms. The van der Waals surface area contributed by atoms with Gasteiger partial charge in [-0.1, -0.05) is 0 Å². The molecule has 0 N–H and O–H groups in total. The van der Waals surface area contributed by atoms with Gasteiger partial charge in [0.1, 0.15) is 0 Å². The molecule has 2 heteroatoms. The van der Waals surface area contributed by atoms with Crippen LogP contribution in [0.2, 0.25) is 0 Å². The van der Waals surface area contributed by atoms with Gasteiger partial charge in [-0.3, -0.25) is 0 Å². The minimum atomic E-state index is 0. The predicted molar refractivity (Wildman–Crippen MR) is 11.3 cm³/mol. The van der Waals surface area contributed by atoms with Crippen LogP contribution >= 0.6 is 0 Å². The summed E-state index contributed by atoms with van der Waals surface area (Å²) in [6.45, 7) is 1.43. The van der Waals surface area contributed by atoms with Crippen molar-refractivity contribution in [3.63, 3.8) is 0 Å². The molecular weight excluding hydrogens is 45.0 g/mol. The third-order valence-corrected chi connectivity index (χ3v) is 0. The first kappa shape index (κ1) is 8.94. The summed E-state index contributed by atoms with van der Waals surface area (Å²) >= 11 is 0. The van der Waals surface area contributed by atoms with E-state index in [1.54, 1.807) is 6.07 Å². The molecule has 0 aliphatic rings. The number of hydrogen-bond acceptors (Lipinski definition) is 1. The van der Waals surface area contributed by atoms with Gasteiger partial charge in [-0.15, -0.1) is 0 Å². The van der Waals surface area contributed by atoms with Gasteiger partial charge >= 0.3 is 18.9 Å². The first-order chi connectivity index (χ1) is 1.41. The van der Waals surface area contributed by atoms with Crippen LogP contribution in [0.3, 0.4) is 0 Å². The van der Waals surface area contributed by atoms with E-state index in [0.29, 0.717) is 0 Å². The maximum Gasteiger partial charge on any atom is 1.00 e. The largest absolute Gasteiger partial charge is 1.00 e. The first-order valence-electron chi connectivity index (χ1n) is 0.724. The van der Waals surface area contributed by atoms with Crippen LogP contribution in [0.15, 0.2) is 0 Å². The Morgan fingerprint density at radius 1 is 1.75 bits per heavy atom. The van der Waals surface area contributed by atoms with Gasteiger partial charge in [0, 0.05) is 6.92 Å². The fourth-order valence-corrected chi connectivity index (χ4v) is 0. The van der Waals surface area contributed by atoms with Crippen molar-refractivity contribution in [2.24, 2.45) is 0 Å². The van der Waals surface area contributed by atoms with E-state index < -0.39 is 0 Å². The molecule has 16 valence electrons. The molecule has 0 unspecified atom stereocenters. The van der Waals surface area contributed by atoms with Crippen LogP contribution in [0.4, 0.5) is 0 Å². The Labute approximate surface area is 37.8 Å². The summed E-state index contributed by atoms with van der Waals surface area (Å²) in [5.74, 6) is 0. The quantitative estimate of drug-likeness (QED) is 0.278. The molecule has 0 saturated carbocycles. The molecule has 0 aromatic carbocycles. The summed E-state index contributed by atoms with van der Waals surface area (Å²) < 4.78 is 0. The molecule has 0 aliphatic heterocycles. The molecule has 0 spiro atoms. The van der Waals surface area contributed by atoms with Gasteiger partial charge in [0.2, 0.25) is 0 Å². The van der Waals surface area contributed by atoms with Crippen molar-refractivity contribution in [3.8, 4) is 6.07 Å². The van der Waals surface area contributed by atoms with Gasteiger partial charge in [-0.25, -0.2) is 0 Å². The van der Waals surface area contributed by atoms with Crippen LogP contribution in [-0.4, -0.2) is 0 Å². The minimum absolute atomic E-state index is 0. The Morgan fingerprint density at radius 3 is 1.75 bits per heavy atom. The standard InChI is InChI=1S/C2H3N.Li/c1-2-3;/h1H3;/q;+1. The molecule has 0 saturated heterocycles. The van der Waals surface area contributed by atoms with Crippen molar-refractivity contribution >= 4 is 0 Å². The van der Waals surface area contributed by atoms with Crippen molar-refractivity contribution in [2.75, 3.05) is 0 Å². The zero-order valence-corrected chi connectivity index (χ0v) is 2.95. The zero-order chi connectivity index (χ0) is 2.71. The third-order valence-electron chi connectivity index (χ3n) is 0. The van der Waals surface area contributed by atoms with Crippen molar-refractivity contribution in [3.05, 3.63) is 0 Å². The van der Waals surface area contributed by atoms with E-state index in [-0.39, 0.29) is 18.9 Å². The molecule has 0 aromatic heterocycles. The van der Waals surface area contributed by atoms with Gasteiger partial charge < -0.3 is 0 Å². The Hall–Kier alpha value is 0.0874. The normalized spacial score (nSPS) is 2.00. The van der Waals surface area contributed by atoms with Crippen LogP contribution in [0, 0.1) is 11.3 Å². The maximum absolute atomic E-state index is 7.32. The molecule has 0 atom stereocenters. The van der Waals surface area contributed by atoms with E-state index in [1.807, 2.05) is 0 Å². The fraction of sp³-hybridized carbons (Fsp3) is 0.500. The van der Waals surface area contributed by atoms with E-state index in [9.17, 15) is 0 Å². The van der Waals surface area contributed by atoms with E-state index in [2.05, 4.69) is 0 Å². The Morgan fingerprint density at radius 2 is 1.75 bits per heavy atom. The van der Waals surface area contributed by atoms with Crippen molar-refractivity contribution < 1.29 is 18.9 Å². The van der Waals surface area contributed by atoms with Crippen LogP contribution in [0.5, 0.6) is 0 Å². The smallest absolute Gasteiger partial charge is 0.199 e. The fourth-order valence-electron chi connectivity index (χ4n) is 0. The predicted octanol–water partition coefficient (Wildman–Crippen LogP) is -2.47. The molecule has 1 nitrogen and oxygen atoms in total. The molecule has 0 rings (SSSR count). The van der Waals surface area contributed by atoms with Crippen LogP contribution in [0.25, 0.3) is 0 Å². The number of hydrogen-bond donors (Lipinski definition) is 0. The van der Waals surface area contributed by atoms with E-state index in [0.717, 1.165) is 0 Å². The van der Waals surface area contributed by atoms with Crippen LogP contribution < -0.4 is 18.9 Å². The molecular formula is C2H3LiN+. The second-order valence-corrected chi connectivity index (χ2v) is 0.224. The first-order valence-corrected chi connectivity index (χ1v) is 0.724. The Balaban J connectivity index is 0. The molecule has 0 amide bonds. The SMILES string of the molecule is CC#N.[Li+]. The van der Waals surface area contributed by atoms with E-state index in [4.69, 9.17) is 5.26 Å². The average molecular weight is 48.0 g/mol. The van der Waals surface area contributed by atoms with Crippen molar-refractivity contribution in [2.45, 2.75) is 6.92 Å². The topological polar surface area (TPSA) is 23.8 Å². The van der Waals surface area contributed by atoms with E-state index in [1.165, 1.54) is 6.92 Å². The van der Waals surface area contributed by atoms with Gasteiger partial charge in [-0.2, -0.15) is 5.26 Å². The average Bonchev–Trinajstić information content (AvgIpc) is 0.918. The maximum atomic E-state index is 7.32. The second-order valence-electron chi connectivity index (χ2n) is 0.224. The number of nitrogens with zero attached hydrogens (tertiary/aromatic N) is 1. The number of nitriles is 1. The molecule has 0 bridgehead atoms. The minimum Gasteiger partial charge on any atom is -0.199 e. The van der Waals surface area contributed by atoms with Crippen molar-refractivity contribution in [1.29, 1.82) is 5.26 Å². The molecule has 0 radical (unpaired) electrons. The third kappa shape index (κ3) is 323.